The third-order valence-electron chi connectivity index (χ3n) is 5.56. The van der Waals surface area contributed by atoms with Crippen LogP contribution >= 0.6 is 11.6 Å². The largest absolute Gasteiger partial charge is 0.487 e. The Balaban J connectivity index is 1.67. The molecule has 7 nitrogen and oxygen atoms in total. The van der Waals surface area contributed by atoms with Gasteiger partial charge in [0.2, 0.25) is 5.91 Å². The van der Waals surface area contributed by atoms with Crippen LogP contribution in [0.1, 0.15) is 43.0 Å². The summed E-state index contributed by atoms with van der Waals surface area (Å²) in [7, 11) is 4.77. The topological polar surface area (TPSA) is 78.0 Å². The van der Waals surface area contributed by atoms with Crippen LogP contribution in [0.2, 0.25) is 5.02 Å². The van der Waals surface area contributed by atoms with E-state index in [-0.39, 0.29) is 24.6 Å². The Morgan fingerprint density at radius 1 is 1.06 bits per heavy atom. The van der Waals surface area contributed by atoms with E-state index in [1.54, 1.807) is 14.1 Å². The van der Waals surface area contributed by atoms with Crippen molar-refractivity contribution in [3.05, 3.63) is 70.9 Å². The van der Waals surface area contributed by atoms with Gasteiger partial charge in [-0.15, -0.1) is 0 Å². The lowest BCUT2D eigenvalue weighted by Gasteiger charge is -2.20. The van der Waals surface area contributed by atoms with Gasteiger partial charge in [0.1, 0.15) is 19.0 Å². The molecule has 0 radical (unpaired) electrons. The summed E-state index contributed by atoms with van der Waals surface area (Å²) in [5.41, 5.74) is 2.51. The molecular formula is C27H31ClN2O5. The van der Waals surface area contributed by atoms with Gasteiger partial charge >= 0.3 is 5.97 Å². The van der Waals surface area contributed by atoms with Gasteiger partial charge in [-0.25, -0.2) is 4.98 Å². The average Bonchev–Trinajstić information content (AvgIpc) is 2.86. The number of likely N-dealkylation sites (N-methyl/N-ethyl adjacent to an activating group) is 1. The average molecular weight is 499 g/mol. The smallest absolute Gasteiger partial charge is 0.305 e. The molecule has 0 aliphatic carbocycles. The van der Waals surface area contributed by atoms with Crippen LogP contribution in [0.5, 0.6) is 5.75 Å². The summed E-state index contributed by atoms with van der Waals surface area (Å²) in [6.07, 6.45) is 2.15. The van der Waals surface area contributed by atoms with E-state index in [2.05, 4.69) is 4.98 Å². The molecule has 186 valence electrons. The van der Waals surface area contributed by atoms with Gasteiger partial charge in [0.05, 0.1) is 24.4 Å². The van der Waals surface area contributed by atoms with E-state index in [4.69, 9.17) is 25.8 Å². The van der Waals surface area contributed by atoms with Crippen molar-refractivity contribution in [3.63, 3.8) is 0 Å². The maximum atomic E-state index is 12.1. The third kappa shape index (κ3) is 8.23. The minimum absolute atomic E-state index is 0.0245. The molecule has 0 aliphatic heterocycles. The van der Waals surface area contributed by atoms with Gasteiger partial charge in [-0.2, -0.15) is 0 Å². The number of esters is 1. The molecule has 1 atom stereocenters. The number of nitrogens with zero attached hydrogens (tertiary/aromatic N) is 2. The minimum atomic E-state index is -0.305. The van der Waals surface area contributed by atoms with Crippen molar-refractivity contribution in [1.82, 2.24) is 9.88 Å². The number of pyridine rings is 1. The molecule has 1 amide bonds. The van der Waals surface area contributed by atoms with Crippen LogP contribution < -0.4 is 4.74 Å². The standard InChI is InChI=1S/C27H31ClN2O5/c1-30(2)26(31)18-35-25(9-4-5-10-27(32)33-3)20-7-6-8-23(15-20)34-17-22-14-12-19-11-13-21(28)16-24(19)29-22/h6-8,11-16,25H,4-5,9-10,17-18H2,1-3H3. The molecule has 0 N–H and O–H groups in total. The summed E-state index contributed by atoms with van der Waals surface area (Å²) < 4.78 is 16.7. The van der Waals surface area contributed by atoms with E-state index in [9.17, 15) is 9.59 Å². The number of methoxy groups -OCH3 is 1. The number of halogens is 1. The van der Waals surface area contributed by atoms with Crippen LogP contribution in [-0.2, 0) is 25.7 Å². The second-order valence-corrected chi connectivity index (χ2v) is 8.85. The first kappa shape index (κ1) is 26.4. The van der Waals surface area contributed by atoms with Gasteiger partial charge in [0, 0.05) is 30.9 Å². The molecular weight excluding hydrogens is 468 g/mol. The number of rotatable bonds is 12. The van der Waals surface area contributed by atoms with Crippen LogP contribution in [0.3, 0.4) is 0 Å². The highest BCUT2D eigenvalue weighted by atomic mass is 35.5. The van der Waals surface area contributed by atoms with Crippen LogP contribution in [0, 0.1) is 0 Å². The van der Waals surface area contributed by atoms with Gasteiger partial charge in [-0.05, 0) is 55.2 Å². The summed E-state index contributed by atoms with van der Waals surface area (Å²) >= 11 is 6.09. The number of unbranched alkanes of at least 4 members (excludes halogenated alkanes) is 1. The lowest BCUT2D eigenvalue weighted by molar-refractivity contribution is -0.140. The maximum Gasteiger partial charge on any atom is 0.305 e. The van der Waals surface area contributed by atoms with E-state index >= 15 is 0 Å². The van der Waals surface area contributed by atoms with E-state index in [0.717, 1.165) is 28.6 Å². The van der Waals surface area contributed by atoms with Crippen LogP contribution in [-0.4, -0.2) is 49.6 Å². The van der Waals surface area contributed by atoms with Gasteiger partial charge in [0.15, 0.2) is 0 Å². The van der Waals surface area contributed by atoms with Gasteiger partial charge < -0.3 is 19.1 Å². The number of carbonyl (C=O) groups excluding carboxylic acids is 2. The summed E-state index contributed by atoms with van der Waals surface area (Å²) in [5.74, 6) is 0.335. The molecule has 0 aliphatic rings. The first-order valence-corrected chi connectivity index (χ1v) is 11.9. The number of hydrogen-bond donors (Lipinski definition) is 0. The number of amides is 1. The van der Waals surface area contributed by atoms with E-state index in [1.165, 1.54) is 12.0 Å². The van der Waals surface area contributed by atoms with Crippen LogP contribution in [0.25, 0.3) is 10.9 Å². The number of fused-ring (bicyclic) bond motifs is 1. The summed E-state index contributed by atoms with van der Waals surface area (Å²) in [6.45, 7) is 0.277. The molecule has 0 fully saturated rings. The molecule has 35 heavy (non-hydrogen) atoms. The van der Waals surface area contributed by atoms with Crippen molar-refractivity contribution < 1.29 is 23.8 Å². The highest BCUT2D eigenvalue weighted by molar-refractivity contribution is 6.31. The third-order valence-corrected chi connectivity index (χ3v) is 5.80. The molecule has 1 aromatic heterocycles. The van der Waals surface area contributed by atoms with Crippen LogP contribution in [0.15, 0.2) is 54.6 Å². The Hall–Kier alpha value is -3.16. The molecule has 8 heteroatoms. The number of ether oxygens (including phenoxy) is 3. The highest BCUT2D eigenvalue weighted by Crippen LogP contribution is 2.28. The number of hydrogen-bond acceptors (Lipinski definition) is 6. The fraction of sp³-hybridized carbons (Fsp3) is 0.370. The number of aromatic nitrogens is 1. The van der Waals surface area contributed by atoms with Crippen molar-refractivity contribution in [3.8, 4) is 5.75 Å². The van der Waals surface area contributed by atoms with Crippen LogP contribution in [0.4, 0.5) is 0 Å². The predicted molar refractivity (Wildman–Crippen MR) is 135 cm³/mol. The summed E-state index contributed by atoms with van der Waals surface area (Å²) in [6, 6.07) is 17.2. The Kier molecular flexibility index (Phi) is 9.87. The van der Waals surface area contributed by atoms with Gasteiger partial charge in [-0.1, -0.05) is 35.9 Å². The molecule has 3 aromatic rings. The molecule has 0 saturated carbocycles. The molecule has 1 unspecified atom stereocenters. The number of benzene rings is 2. The fourth-order valence-electron chi connectivity index (χ4n) is 3.52. The second-order valence-electron chi connectivity index (χ2n) is 8.41. The monoisotopic (exact) mass is 498 g/mol. The predicted octanol–water partition coefficient (Wildman–Crippen LogP) is 5.35. The zero-order valence-corrected chi connectivity index (χ0v) is 21.1. The molecule has 3 rings (SSSR count). The quantitative estimate of drug-likeness (QED) is 0.247. The van der Waals surface area contributed by atoms with Gasteiger partial charge in [-0.3, -0.25) is 9.59 Å². The Morgan fingerprint density at radius 3 is 2.63 bits per heavy atom. The molecule has 2 aromatic carbocycles. The fourth-order valence-corrected chi connectivity index (χ4v) is 3.69. The Labute approximate surface area is 210 Å². The second kappa shape index (κ2) is 13.1. The number of carbonyl (C=O) groups is 2. The highest BCUT2D eigenvalue weighted by Gasteiger charge is 2.16. The lowest BCUT2D eigenvalue weighted by Crippen LogP contribution is -2.27. The molecule has 0 saturated heterocycles. The van der Waals surface area contributed by atoms with Gasteiger partial charge in [0.25, 0.3) is 0 Å². The zero-order valence-electron chi connectivity index (χ0n) is 20.3. The SMILES string of the molecule is COC(=O)CCCCC(OCC(=O)N(C)C)c1cccc(OCc2ccc3ccc(Cl)cc3n2)c1. The summed E-state index contributed by atoms with van der Waals surface area (Å²) in [4.78, 5) is 29.6. The van der Waals surface area contributed by atoms with E-state index in [0.29, 0.717) is 36.6 Å². The first-order chi connectivity index (χ1) is 16.9. The van der Waals surface area contributed by atoms with Crippen molar-refractivity contribution in [2.24, 2.45) is 0 Å². The van der Waals surface area contributed by atoms with E-state index in [1.807, 2.05) is 54.6 Å². The van der Waals surface area contributed by atoms with Crippen molar-refractivity contribution in [2.45, 2.75) is 38.4 Å². The Bertz CT molecular complexity index is 1150. The van der Waals surface area contributed by atoms with Crippen molar-refractivity contribution >= 4 is 34.4 Å². The normalized spacial score (nSPS) is 11.8. The summed E-state index contributed by atoms with van der Waals surface area (Å²) in [5, 5.41) is 1.65. The molecule has 0 bridgehead atoms. The van der Waals surface area contributed by atoms with Crippen molar-refractivity contribution in [1.29, 1.82) is 0 Å². The molecule has 1 heterocycles. The lowest BCUT2D eigenvalue weighted by atomic mass is 10.0. The van der Waals surface area contributed by atoms with E-state index < -0.39 is 0 Å². The first-order valence-electron chi connectivity index (χ1n) is 11.5. The minimum Gasteiger partial charge on any atom is -0.487 e. The van der Waals surface area contributed by atoms with Crippen molar-refractivity contribution in [2.75, 3.05) is 27.8 Å². The molecule has 0 spiro atoms. The zero-order chi connectivity index (χ0) is 25.2. The maximum absolute atomic E-state index is 12.1. The Morgan fingerprint density at radius 2 is 1.86 bits per heavy atom.